The van der Waals surface area contributed by atoms with Crippen molar-refractivity contribution in [1.82, 2.24) is 30.1 Å². The molecule has 3 aromatic rings. The zero-order chi connectivity index (χ0) is 25.7. The molecule has 1 aliphatic rings. The first-order valence-electron chi connectivity index (χ1n) is 12.9. The molecule has 1 fully saturated rings. The Kier molecular flexibility index (Phi) is 8.35. The topological polar surface area (TPSA) is 115 Å². The van der Waals surface area contributed by atoms with E-state index in [1.165, 1.54) is 4.68 Å². The third-order valence-electron chi connectivity index (χ3n) is 6.75. The van der Waals surface area contributed by atoms with Crippen LogP contribution >= 0.6 is 0 Å². The number of aromatic amines is 1. The van der Waals surface area contributed by atoms with Gasteiger partial charge in [0.2, 0.25) is 0 Å². The van der Waals surface area contributed by atoms with Gasteiger partial charge in [-0.15, -0.1) is 5.10 Å². The molecule has 1 atom stereocenters. The van der Waals surface area contributed by atoms with E-state index in [2.05, 4.69) is 39.3 Å². The van der Waals surface area contributed by atoms with E-state index in [0.29, 0.717) is 31.1 Å². The van der Waals surface area contributed by atoms with Gasteiger partial charge >= 0.3 is 5.97 Å². The van der Waals surface area contributed by atoms with Gasteiger partial charge in [-0.3, -0.25) is 14.5 Å². The molecular weight excluding hydrogens is 460 g/mol. The number of carbonyl (C=O) groups excluding carboxylic acids is 1. The Morgan fingerprint density at radius 3 is 2.67 bits per heavy atom. The van der Waals surface area contributed by atoms with Crippen LogP contribution in [0, 0.1) is 5.92 Å². The summed E-state index contributed by atoms with van der Waals surface area (Å²) in [5.41, 5.74) is 1.35. The number of tetrazole rings is 1. The molecule has 4 rings (SSSR count). The second kappa shape index (κ2) is 11.6. The summed E-state index contributed by atoms with van der Waals surface area (Å²) in [4.78, 5) is 30.7. The molecule has 10 nitrogen and oxygen atoms in total. The van der Waals surface area contributed by atoms with E-state index < -0.39 is 0 Å². The first kappa shape index (κ1) is 25.8. The van der Waals surface area contributed by atoms with Crippen molar-refractivity contribution in [1.29, 1.82) is 0 Å². The fourth-order valence-corrected chi connectivity index (χ4v) is 5.19. The van der Waals surface area contributed by atoms with E-state index in [4.69, 9.17) is 9.47 Å². The number of fused-ring (bicyclic) bond motifs is 1. The molecule has 0 radical (unpaired) electrons. The first-order valence-corrected chi connectivity index (χ1v) is 12.9. The average Bonchev–Trinajstić information content (AvgIpc) is 3.52. The summed E-state index contributed by atoms with van der Waals surface area (Å²) in [5, 5.41) is 13.2. The van der Waals surface area contributed by atoms with Gasteiger partial charge < -0.3 is 14.5 Å². The highest BCUT2D eigenvalue weighted by Crippen LogP contribution is 2.36. The first-order chi connectivity index (χ1) is 17.4. The van der Waals surface area contributed by atoms with E-state index >= 15 is 0 Å². The molecule has 0 spiro atoms. The van der Waals surface area contributed by atoms with Crippen LogP contribution in [-0.4, -0.2) is 55.3 Å². The van der Waals surface area contributed by atoms with Crippen LogP contribution in [0.5, 0.6) is 5.75 Å². The molecule has 1 aliphatic carbocycles. The Hall–Kier alpha value is -3.27. The SMILES string of the molecule is CCOC(=O)Cn1nnnc1[C@H](C(C)C)N(Cc1cc2cc(OCC)ccc2[nH]c1=O)C1CCCC1. The Morgan fingerprint density at radius 1 is 1.19 bits per heavy atom. The molecule has 0 amide bonds. The lowest BCUT2D eigenvalue weighted by molar-refractivity contribution is -0.144. The van der Waals surface area contributed by atoms with Crippen LogP contribution < -0.4 is 10.3 Å². The highest BCUT2D eigenvalue weighted by atomic mass is 16.5. The molecule has 0 unspecified atom stereocenters. The molecule has 2 aromatic heterocycles. The summed E-state index contributed by atoms with van der Waals surface area (Å²) in [5.74, 6) is 1.15. The van der Waals surface area contributed by atoms with Crippen molar-refractivity contribution in [2.45, 2.75) is 78.6 Å². The summed E-state index contributed by atoms with van der Waals surface area (Å²) in [7, 11) is 0. The zero-order valence-corrected chi connectivity index (χ0v) is 21.6. The predicted molar refractivity (Wildman–Crippen MR) is 136 cm³/mol. The van der Waals surface area contributed by atoms with Gasteiger partial charge in [0.25, 0.3) is 5.56 Å². The quantitative estimate of drug-likeness (QED) is 0.400. The van der Waals surface area contributed by atoms with Gasteiger partial charge in [0.1, 0.15) is 12.3 Å². The fourth-order valence-electron chi connectivity index (χ4n) is 5.19. The molecule has 0 bridgehead atoms. The van der Waals surface area contributed by atoms with Crippen molar-refractivity contribution >= 4 is 16.9 Å². The largest absolute Gasteiger partial charge is 0.494 e. The Balaban J connectivity index is 1.72. The van der Waals surface area contributed by atoms with Crippen LogP contribution in [0.15, 0.2) is 29.1 Å². The van der Waals surface area contributed by atoms with Crippen LogP contribution in [-0.2, 0) is 22.6 Å². The number of H-pyrrole nitrogens is 1. The predicted octanol–water partition coefficient (Wildman–Crippen LogP) is 3.62. The van der Waals surface area contributed by atoms with Crippen molar-refractivity contribution in [3.63, 3.8) is 0 Å². The zero-order valence-electron chi connectivity index (χ0n) is 21.6. The molecule has 10 heteroatoms. The van der Waals surface area contributed by atoms with Crippen molar-refractivity contribution in [2.24, 2.45) is 5.92 Å². The van der Waals surface area contributed by atoms with E-state index in [-0.39, 0.29) is 36.1 Å². The molecule has 2 heterocycles. The number of nitrogens with one attached hydrogen (secondary N) is 1. The van der Waals surface area contributed by atoms with Gasteiger partial charge in [-0.25, -0.2) is 4.68 Å². The average molecular weight is 497 g/mol. The van der Waals surface area contributed by atoms with Crippen molar-refractivity contribution in [2.75, 3.05) is 13.2 Å². The van der Waals surface area contributed by atoms with Crippen LogP contribution in [0.25, 0.3) is 10.9 Å². The smallest absolute Gasteiger partial charge is 0.327 e. The van der Waals surface area contributed by atoms with E-state index in [9.17, 15) is 9.59 Å². The van der Waals surface area contributed by atoms with Gasteiger partial charge in [0.05, 0.1) is 19.3 Å². The Labute approximate surface area is 211 Å². The Bertz CT molecular complexity index is 1230. The molecule has 0 aliphatic heterocycles. The number of hydrogen-bond acceptors (Lipinski definition) is 8. The van der Waals surface area contributed by atoms with Gasteiger partial charge in [-0.2, -0.15) is 0 Å². The van der Waals surface area contributed by atoms with Gasteiger partial charge in [0.15, 0.2) is 5.82 Å². The van der Waals surface area contributed by atoms with Crippen molar-refractivity contribution in [3.05, 3.63) is 46.0 Å². The lowest BCUT2D eigenvalue weighted by Crippen LogP contribution is -2.41. The number of carbonyl (C=O) groups is 1. The van der Waals surface area contributed by atoms with E-state index in [0.717, 1.165) is 42.3 Å². The third-order valence-corrected chi connectivity index (χ3v) is 6.75. The number of ether oxygens (including phenoxy) is 2. The normalized spacial score (nSPS) is 15.2. The minimum Gasteiger partial charge on any atom is -0.494 e. The maximum Gasteiger partial charge on any atom is 0.327 e. The summed E-state index contributed by atoms with van der Waals surface area (Å²) < 4.78 is 12.3. The molecule has 1 aromatic carbocycles. The number of esters is 1. The van der Waals surface area contributed by atoms with Crippen LogP contribution in [0.3, 0.4) is 0 Å². The molecule has 194 valence electrons. The second-order valence-corrected chi connectivity index (χ2v) is 9.60. The van der Waals surface area contributed by atoms with Crippen LogP contribution in [0.1, 0.15) is 70.8 Å². The van der Waals surface area contributed by atoms with Crippen LogP contribution in [0.2, 0.25) is 0 Å². The number of hydrogen-bond donors (Lipinski definition) is 1. The third kappa shape index (κ3) is 5.75. The van der Waals surface area contributed by atoms with E-state index in [1.807, 2.05) is 31.2 Å². The number of nitrogens with zero attached hydrogens (tertiary/aromatic N) is 5. The summed E-state index contributed by atoms with van der Waals surface area (Å²) in [6, 6.07) is 7.76. The standard InChI is InChI=1S/C26H36N6O4/c1-5-35-21-11-12-22-18(14-21)13-19(26(34)27-22)15-31(20-9-7-8-10-20)24(17(3)4)25-28-29-30-32(25)16-23(33)36-6-2/h11-14,17,20,24H,5-10,15-16H2,1-4H3,(H,27,34)/t24-/m0/s1. The van der Waals surface area contributed by atoms with Gasteiger partial charge in [-0.05, 0) is 67.3 Å². The van der Waals surface area contributed by atoms with Gasteiger partial charge in [0, 0.05) is 29.1 Å². The lowest BCUT2D eigenvalue weighted by atomic mass is 9.97. The van der Waals surface area contributed by atoms with Gasteiger partial charge in [-0.1, -0.05) is 26.7 Å². The highest BCUT2D eigenvalue weighted by molar-refractivity contribution is 5.80. The number of benzene rings is 1. The Morgan fingerprint density at radius 2 is 1.97 bits per heavy atom. The fraction of sp³-hybridized carbons (Fsp3) is 0.577. The molecule has 1 N–H and O–H groups in total. The molecule has 0 saturated heterocycles. The maximum absolute atomic E-state index is 13.1. The number of rotatable bonds is 11. The maximum atomic E-state index is 13.1. The minimum absolute atomic E-state index is 0.0470. The highest BCUT2D eigenvalue weighted by Gasteiger charge is 2.35. The molecule has 36 heavy (non-hydrogen) atoms. The number of aromatic nitrogens is 5. The second-order valence-electron chi connectivity index (χ2n) is 9.60. The minimum atomic E-state index is -0.378. The summed E-state index contributed by atoms with van der Waals surface area (Å²) in [6.45, 7) is 9.24. The summed E-state index contributed by atoms with van der Waals surface area (Å²) >= 11 is 0. The van der Waals surface area contributed by atoms with E-state index in [1.54, 1.807) is 6.92 Å². The van der Waals surface area contributed by atoms with Crippen molar-refractivity contribution < 1.29 is 14.3 Å². The number of pyridine rings is 1. The van der Waals surface area contributed by atoms with Crippen molar-refractivity contribution in [3.8, 4) is 5.75 Å². The van der Waals surface area contributed by atoms with Crippen LogP contribution in [0.4, 0.5) is 0 Å². The molecule has 1 saturated carbocycles. The summed E-state index contributed by atoms with van der Waals surface area (Å²) in [6.07, 6.45) is 4.38. The lowest BCUT2D eigenvalue weighted by Gasteiger charge is -2.37. The molecular formula is C26H36N6O4. The monoisotopic (exact) mass is 496 g/mol.